The molecule has 2 N–H and O–H groups in total. The number of nitrogens with two attached hydrogens (primary N) is 1. The molecule has 0 unspecified atom stereocenters. The van der Waals surface area contributed by atoms with Crippen molar-refractivity contribution in [1.82, 2.24) is 4.98 Å². The van der Waals surface area contributed by atoms with Crippen LogP contribution in [0.1, 0.15) is 5.89 Å². The van der Waals surface area contributed by atoms with Gasteiger partial charge in [-0.05, 0) is 12.1 Å². The Balaban J connectivity index is 2.35. The number of methoxy groups -OCH3 is 1. The Morgan fingerprint density at radius 3 is 3.00 bits per heavy atom. The summed E-state index contributed by atoms with van der Waals surface area (Å²) in [6.07, 6.45) is 1.66. The van der Waals surface area contributed by atoms with Gasteiger partial charge in [0.15, 0.2) is 5.76 Å². The predicted molar refractivity (Wildman–Crippen MR) is 56.4 cm³/mol. The van der Waals surface area contributed by atoms with E-state index in [1.54, 1.807) is 13.3 Å². The molecule has 0 saturated heterocycles. The molecule has 0 atom stereocenters. The van der Waals surface area contributed by atoms with E-state index in [1.165, 1.54) is 0 Å². The van der Waals surface area contributed by atoms with Crippen LogP contribution in [0.3, 0.4) is 0 Å². The first-order valence-electron chi connectivity index (χ1n) is 4.62. The molecule has 0 fully saturated rings. The Hall–Kier alpha value is -1.81. The molecule has 1 aromatic heterocycles. The fourth-order valence-corrected chi connectivity index (χ4v) is 1.31. The normalized spacial score (nSPS) is 10.3. The summed E-state index contributed by atoms with van der Waals surface area (Å²) in [6.45, 7) is 0.309. The maximum Gasteiger partial charge on any atom is 0.208 e. The summed E-state index contributed by atoms with van der Waals surface area (Å²) in [7, 11) is 1.63. The topological polar surface area (TPSA) is 61.3 Å². The summed E-state index contributed by atoms with van der Waals surface area (Å²) in [4.78, 5) is 4.03. The van der Waals surface area contributed by atoms with E-state index in [4.69, 9.17) is 14.9 Å². The van der Waals surface area contributed by atoms with Crippen molar-refractivity contribution in [2.75, 3.05) is 7.11 Å². The molecular formula is C11H12N2O2. The predicted octanol–water partition coefficient (Wildman–Crippen LogP) is 1.81. The van der Waals surface area contributed by atoms with Gasteiger partial charge in [0.2, 0.25) is 5.89 Å². The fourth-order valence-electron chi connectivity index (χ4n) is 1.31. The molecular weight excluding hydrogens is 192 g/mol. The number of benzene rings is 1. The van der Waals surface area contributed by atoms with Crippen molar-refractivity contribution in [2.45, 2.75) is 6.54 Å². The number of hydrogen-bond donors (Lipinski definition) is 1. The van der Waals surface area contributed by atoms with Crippen molar-refractivity contribution >= 4 is 0 Å². The van der Waals surface area contributed by atoms with Gasteiger partial charge in [-0.3, -0.25) is 0 Å². The van der Waals surface area contributed by atoms with Crippen LogP contribution in [0.4, 0.5) is 0 Å². The van der Waals surface area contributed by atoms with Gasteiger partial charge < -0.3 is 14.9 Å². The molecule has 0 bridgehead atoms. The van der Waals surface area contributed by atoms with Gasteiger partial charge in [0.05, 0.1) is 19.9 Å². The highest BCUT2D eigenvalue weighted by atomic mass is 16.5. The largest absolute Gasteiger partial charge is 0.497 e. The minimum absolute atomic E-state index is 0.309. The Kier molecular flexibility index (Phi) is 2.69. The van der Waals surface area contributed by atoms with Gasteiger partial charge in [-0.1, -0.05) is 12.1 Å². The number of aromatic nitrogens is 1. The summed E-state index contributed by atoms with van der Waals surface area (Å²) < 4.78 is 10.5. The van der Waals surface area contributed by atoms with Crippen LogP contribution < -0.4 is 10.5 Å². The lowest BCUT2D eigenvalue weighted by Crippen LogP contribution is -1.94. The second-order valence-corrected chi connectivity index (χ2v) is 3.05. The van der Waals surface area contributed by atoms with Crippen LogP contribution in [-0.2, 0) is 6.54 Å². The van der Waals surface area contributed by atoms with Gasteiger partial charge in [-0.2, -0.15) is 0 Å². The highest BCUT2D eigenvalue weighted by Crippen LogP contribution is 2.24. The second kappa shape index (κ2) is 4.14. The molecule has 0 radical (unpaired) electrons. The highest BCUT2D eigenvalue weighted by Gasteiger charge is 2.05. The quantitative estimate of drug-likeness (QED) is 0.828. The molecule has 1 heterocycles. The van der Waals surface area contributed by atoms with E-state index in [0.717, 1.165) is 11.3 Å². The molecule has 0 aliphatic heterocycles. The molecule has 2 aromatic rings. The van der Waals surface area contributed by atoms with Crippen LogP contribution in [0.2, 0.25) is 0 Å². The van der Waals surface area contributed by atoms with E-state index in [0.29, 0.717) is 18.2 Å². The zero-order valence-electron chi connectivity index (χ0n) is 8.43. The molecule has 0 aliphatic rings. The average Bonchev–Trinajstić information content (AvgIpc) is 2.78. The maximum absolute atomic E-state index is 5.43. The van der Waals surface area contributed by atoms with E-state index in [1.807, 2.05) is 24.3 Å². The minimum Gasteiger partial charge on any atom is -0.497 e. The first kappa shape index (κ1) is 9.73. The van der Waals surface area contributed by atoms with Crippen LogP contribution in [0, 0.1) is 0 Å². The molecule has 0 aliphatic carbocycles. The zero-order chi connectivity index (χ0) is 10.7. The lowest BCUT2D eigenvalue weighted by atomic mass is 10.2. The van der Waals surface area contributed by atoms with Gasteiger partial charge in [-0.25, -0.2) is 4.98 Å². The lowest BCUT2D eigenvalue weighted by Gasteiger charge is -2.00. The smallest absolute Gasteiger partial charge is 0.208 e. The second-order valence-electron chi connectivity index (χ2n) is 3.05. The third kappa shape index (κ3) is 1.99. The van der Waals surface area contributed by atoms with E-state index < -0.39 is 0 Å². The average molecular weight is 204 g/mol. The van der Waals surface area contributed by atoms with Crippen LogP contribution in [0.15, 0.2) is 34.9 Å². The van der Waals surface area contributed by atoms with Gasteiger partial charge in [0.1, 0.15) is 5.75 Å². The Morgan fingerprint density at radius 2 is 2.33 bits per heavy atom. The maximum atomic E-state index is 5.43. The standard InChI is InChI=1S/C11H12N2O2/c1-14-9-4-2-3-8(5-9)10-7-13-11(6-12)15-10/h2-5,7H,6,12H2,1H3. The summed E-state index contributed by atoms with van der Waals surface area (Å²) in [5.74, 6) is 2.03. The van der Waals surface area contributed by atoms with Crippen LogP contribution >= 0.6 is 0 Å². The third-order valence-electron chi connectivity index (χ3n) is 2.08. The van der Waals surface area contributed by atoms with Gasteiger partial charge in [-0.15, -0.1) is 0 Å². The summed E-state index contributed by atoms with van der Waals surface area (Å²) >= 11 is 0. The number of ether oxygens (including phenoxy) is 1. The van der Waals surface area contributed by atoms with Crippen molar-refractivity contribution in [1.29, 1.82) is 0 Å². The van der Waals surface area contributed by atoms with E-state index in [2.05, 4.69) is 4.98 Å². The molecule has 1 aromatic carbocycles. The lowest BCUT2D eigenvalue weighted by molar-refractivity contribution is 0.414. The number of hydrogen-bond acceptors (Lipinski definition) is 4. The first-order valence-corrected chi connectivity index (χ1v) is 4.62. The molecule has 0 amide bonds. The SMILES string of the molecule is COc1cccc(-c2cnc(CN)o2)c1. The van der Waals surface area contributed by atoms with E-state index >= 15 is 0 Å². The van der Waals surface area contributed by atoms with Gasteiger partial charge in [0.25, 0.3) is 0 Å². The number of oxazole rings is 1. The van der Waals surface area contributed by atoms with Crippen LogP contribution in [0.25, 0.3) is 11.3 Å². The van der Waals surface area contributed by atoms with E-state index in [9.17, 15) is 0 Å². The molecule has 4 nitrogen and oxygen atoms in total. The summed E-state index contributed by atoms with van der Waals surface area (Å²) in [5.41, 5.74) is 6.35. The summed E-state index contributed by atoms with van der Waals surface area (Å²) in [6, 6.07) is 7.60. The molecule has 15 heavy (non-hydrogen) atoms. The Morgan fingerprint density at radius 1 is 1.47 bits per heavy atom. The number of nitrogens with zero attached hydrogens (tertiary/aromatic N) is 1. The van der Waals surface area contributed by atoms with Gasteiger partial charge in [0, 0.05) is 5.56 Å². The number of rotatable bonds is 3. The fraction of sp³-hybridized carbons (Fsp3) is 0.182. The molecule has 4 heteroatoms. The Labute approximate surface area is 87.7 Å². The van der Waals surface area contributed by atoms with Crippen molar-refractivity contribution in [3.8, 4) is 17.1 Å². The molecule has 78 valence electrons. The first-order chi connectivity index (χ1) is 7.33. The van der Waals surface area contributed by atoms with Crippen molar-refractivity contribution in [3.05, 3.63) is 36.4 Å². The van der Waals surface area contributed by atoms with Gasteiger partial charge >= 0.3 is 0 Å². The monoisotopic (exact) mass is 204 g/mol. The summed E-state index contributed by atoms with van der Waals surface area (Å²) in [5, 5.41) is 0. The third-order valence-corrected chi connectivity index (χ3v) is 2.08. The highest BCUT2D eigenvalue weighted by molar-refractivity contribution is 5.58. The zero-order valence-corrected chi connectivity index (χ0v) is 8.43. The van der Waals surface area contributed by atoms with E-state index in [-0.39, 0.29) is 0 Å². The van der Waals surface area contributed by atoms with Crippen molar-refractivity contribution in [2.24, 2.45) is 5.73 Å². The van der Waals surface area contributed by atoms with Crippen LogP contribution in [0.5, 0.6) is 5.75 Å². The van der Waals surface area contributed by atoms with Crippen LogP contribution in [-0.4, -0.2) is 12.1 Å². The molecule has 0 saturated carbocycles. The van der Waals surface area contributed by atoms with Crippen molar-refractivity contribution in [3.63, 3.8) is 0 Å². The molecule has 2 rings (SSSR count). The Bertz CT molecular complexity index is 451. The molecule has 0 spiro atoms. The minimum atomic E-state index is 0.309. The van der Waals surface area contributed by atoms with Crippen molar-refractivity contribution < 1.29 is 9.15 Å².